The number of allylic oxidation sites excluding steroid dienone is 2. The summed E-state index contributed by atoms with van der Waals surface area (Å²) in [5, 5.41) is 0. The van der Waals surface area contributed by atoms with Crippen LogP contribution in [-0.4, -0.2) is 29.2 Å². The lowest BCUT2D eigenvalue weighted by molar-refractivity contribution is 0.0340. The second-order valence-electron chi connectivity index (χ2n) is 7.70. The summed E-state index contributed by atoms with van der Waals surface area (Å²) < 4.78 is 5.93. The fourth-order valence-electron chi connectivity index (χ4n) is 4.53. The third kappa shape index (κ3) is 4.43. The summed E-state index contributed by atoms with van der Waals surface area (Å²) in [5.41, 5.74) is 1.15. The molecule has 3 aliphatic carbocycles. The van der Waals surface area contributed by atoms with Crippen molar-refractivity contribution in [2.75, 3.05) is 0 Å². The van der Waals surface area contributed by atoms with Gasteiger partial charge < -0.3 is 9.64 Å². The van der Waals surface area contributed by atoms with Gasteiger partial charge in [-0.15, -0.1) is 0 Å². The third-order valence-corrected chi connectivity index (χ3v) is 5.92. The van der Waals surface area contributed by atoms with Crippen molar-refractivity contribution in [2.45, 2.75) is 102 Å². The second kappa shape index (κ2) is 8.73. The Balaban J connectivity index is 1.67. The maximum atomic E-state index is 13.0. The molecule has 1 unspecified atom stereocenters. The summed E-state index contributed by atoms with van der Waals surface area (Å²) in [7, 11) is 0. The van der Waals surface area contributed by atoms with Crippen molar-refractivity contribution >= 4 is 6.09 Å². The molecule has 134 valence electrons. The van der Waals surface area contributed by atoms with Crippen molar-refractivity contribution in [1.82, 2.24) is 4.90 Å². The minimum Gasteiger partial charge on any atom is -0.442 e. The van der Waals surface area contributed by atoms with Gasteiger partial charge in [-0.25, -0.2) is 4.79 Å². The molecule has 1 atom stereocenters. The largest absolute Gasteiger partial charge is 0.442 e. The Kier molecular flexibility index (Phi) is 6.39. The average Bonchev–Trinajstić information content (AvgIpc) is 2.64. The molecule has 0 aromatic rings. The number of nitrogens with zero attached hydrogens (tertiary/aromatic N) is 1. The maximum absolute atomic E-state index is 13.0. The summed E-state index contributed by atoms with van der Waals surface area (Å²) in [6.45, 7) is 2.01. The van der Waals surface area contributed by atoms with Crippen LogP contribution < -0.4 is 0 Å². The van der Waals surface area contributed by atoms with E-state index in [-0.39, 0.29) is 12.2 Å². The summed E-state index contributed by atoms with van der Waals surface area (Å²) >= 11 is 0. The predicted molar refractivity (Wildman–Crippen MR) is 98.0 cm³/mol. The highest BCUT2D eigenvalue weighted by Crippen LogP contribution is 2.31. The van der Waals surface area contributed by atoms with Crippen LogP contribution in [-0.2, 0) is 4.74 Å². The van der Waals surface area contributed by atoms with Crippen molar-refractivity contribution in [2.24, 2.45) is 0 Å². The molecule has 0 radical (unpaired) electrons. The van der Waals surface area contributed by atoms with E-state index in [1.54, 1.807) is 0 Å². The van der Waals surface area contributed by atoms with E-state index in [9.17, 15) is 4.79 Å². The molecular formula is C21H33NO2. The maximum Gasteiger partial charge on any atom is 0.410 e. The highest BCUT2D eigenvalue weighted by Gasteiger charge is 2.34. The van der Waals surface area contributed by atoms with Crippen LogP contribution in [0.5, 0.6) is 0 Å². The van der Waals surface area contributed by atoms with Crippen molar-refractivity contribution in [3.8, 4) is 0 Å². The Hall–Kier alpha value is -1.25. The molecule has 3 aliphatic rings. The number of carbonyl (C=O) groups excluding carboxylic acids is 1. The van der Waals surface area contributed by atoms with Crippen molar-refractivity contribution in [3.63, 3.8) is 0 Å². The summed E-state index contributed by atoms with van der Waals surface area (Å²) in [5.74, 6) is 0. The molecule has 1 amide bonds. The van der Waals surface area contributed by atoms with Gasteiger partial charge in [0, 0.05) is 12.1 Å². The van der Waals surface area contributed by atoms with Gasteiger partial charge in [-0.2, -0.15) is 0 Å². The molecule has 24 heavy (non-hydrogen) atoms. The molecule has 0 heterocycles. The monoisotopic (exact) mass is 331 g/mol. The van der Waals surface area contributed by atoms with E-state index in [1.807, 2.05) is 6.92 Å². The van der Waals surface area contributed by atoms with E-state index in [0.717, 1.165) is 44.1 Å². The van der Waals surface area contributed by atoms with Gasteiger partial charge in [-0.1, -0.05) is 56.8 Å². The first kappa shape index (κ1) is 17.6. The lowest BCUT2D eigenvalue weighted by Crippen LogP contribution is -2.49. The van der Waals surface area contributed by atoms with E-state index in [2.05, 4.69) is 23.1 Å². The van der Waals surface area contributed by atoms with Crippen molar-refractivity contribution < 1.29 is 9.53 Å². The van der Waals surface area contributed by atoms with E-state index in [1.165, 1.54) is 38.5 Å². The Morgan fingerprint density at radius 1 is 1.00 bits per heavy atom. The number of amides is 1. The quantitative estimate of drug-likeness (QED) is 0.656. The molecule has 0 saturated heterocycles. The predicted octanol–water partition coefficient (Wildman–Crippen LogP) is 5.76. The molecular weight excluding hydrogens is 298 g/mol. The minimum absolute atomic E-state index is 0.0684. The van der Waals surface area contributed by atoms with Gasteiger partial charge in [-0.05, 0) is 51.0 Å². The Morgan fingerprint density at radius 2 is 1.58 bits per heavy atom. The summed E-state index contributed by atoms with van der Waals surface area (Å²) in [6, 6.07) is 0.801. The molecule has 2 saturated carbocycles. The zero-order chi connectivity index (χ0) is 16.8. The Bertz CT molecular complexity index is 452. The number of rotatable bonds is 4. The number of hydrogen-bond donors (Lipinski definition) is 0. The third-order valence-electron chi connectivity index (χ3n) is 5.92. The van der Waals surface area contributed by atoms with Crippen LogP contribution in [0.3, 0.4) is 0 Å². The first-order valence-electron chi connectivity index (χ1n) is 10.1. The van der Waals surface area contributed by atoms with Crippen molar-refractivity contribution in [1.29, 1.82) is 0 Å². The average molecular weight is 332 g/mol. The van der Waals surface area contributed by atoms with E-state index in [0.29, 0.717) is 12.1 Å². The highest BCUT2D eigenvalue weighted by atomic mass is 16.6. The van der Waals surface area contributed by atoms with Gasteiger partial charge in [0.25, 0.3) is 0 Å². The number of carbonyl (C=O) groups is 1. The fourth-order valence-corrected chi connectivity index (χ4v) is 4.53. The lowest BCUT2D eigenvalue weighted by Gasteiger charge is -2.41. The Labute approximate surface area is 147 Å². The number of ether oxygens (including phenoxy) is 1. The molecule has 0 aromatic carbocycles. The van der Waals surface area contributed by atoms with Crippen LogP contribution in [0.1, 0.15) is 84.0 Å². The molecule has 3 heteroatoms. The zero-order valence-corrected chi connectivity index (χ0v) is 15.2. The topological polar surface area (TPSA) is 29.5 Å². The van der Waals surface area contributed by atoms with Crippen LogP contribution in [0.2, 0.25) is 0 Å². The van der Waals surface area contributed by atoms with Crippen LogP contribution in [0, 0.1) is 0 Å². The molecule has 0 aliphatic heterocycles. The van der Waals surface area contributed by atoms with Crippen molar-refractivity contribution in [3.05, 3.63) is 23.8 Å². The normalized spacial score (nSPS) is 24.3. The van der Waals surface area contributed by atoms with Gasteiger partial charge in [0.1, 0.15) is 6.10 Å². The summed E-state index contributed by atoms with van der Waals surface area (Å²) in [6.07, 6.45) is 20.7. The van der Waals surface area contributed by atoms with Gasteiger partial charge in [0.15, 0.2) is 0 Å². The molecule has 3 nitrogen and oxygen atoms in total. The first-order valence-corrected chi connectivity index (χ1v) is 10.1. The van der Waals surface area contributed by atoms with Crippen LogP contribution in [0.15, 0.2) is 23.8 Å². The SMILES string of the molecule is CC(OC(=O)N(C1CCCCC1)C1CCCCC1)C1=CCCC=C1. The van der Waals surface area contributed by atoms with Crippen LogP contribution in [0.25, 0.3) is 0 Å². The molecule has 0 aromatic heterocycles. The number of hydrogen-bond acceptors (Lipinski definition) is 2. The molecule has 0 N–H and O–H groups in total. The van der Waals surface area contributed by atoms with Gasteiger partial charge >= 0.3 is 6.09 Å². The molecule has 0 spiro atoms. The second-order valence-corrected chi connectivity index (χ2v) is 7.70. The molecule has 3 rings (SSSR count). The Morgan fingerprint density at radius 3 is 2.08 bits per heavy atom. The van der Waals surface area contributed by atoms with Gasteiger partial charge in [-0.3, -0.25) is 0 Å². The minimum atomic E-state index is -0.135. The molecule has 2 fully saturated rings. The smallest absolute Gasteiger partial charge is 0.410 e. The van der Waals surface area contributed by atoms with Gasteiger partial charge in [0.05, 0.1) is 0 Å². The first-order chi connectivity index (χ1) is 11.8. The van der Waals surface area contributed by atoms with Crippen LogP contribution in [0.4, 0.5) is 4.79 Å². The highest BCUT2D eigenvalue weighted by molar-refractivity contribution is 5.69. The molecule has 0 bridgehead atoms. The van der Waals surface area contributed by atoms with E-state index < -0.39 is 0 Å². The summed E-state index contributed by atoms with van der Waals surface area (Å²) in [4.78, 5) is 15.2. The van der Waals surface area contributed by atoms with Gasteiger partial charge in [0.2, 0.25) is 0 Å². The van der Waals surface area contributed by atoms with E-state index >= 15 is 0 Å². The lowest BCUT2D eigenvalue weighted by atomic mass is 9.89. The van der Waals surface area contributed by atoms with Crippen LogP contribution >= 0.6 is 0 Å². The standard InChI is InChI=1S/C21H33NO2/c1-17(18-11-5-2-6-12-18)24-21(23)22(19-13-7-3-8-14-19)20-15-9-4-10-16-20/h5,11-12,17,19-20H,2-4,6-10,13-16H2,1H3. The van der Waals surface area contributed by atoms with E-state index in [4.69, 9.17) is 4.74 Å². The fraction of sp³-hybridized carbons (Fsp3) is 0.762. The zero-order valence-electron chi connectivity index (χ0n) is 15.2.